The maximum absolute atomic E-state index is 12.6. The van der Waals surface area contributed by atoms with Crippen LogP contribution in [-0.2, 0) is 35.4 Å². The molecule has 0 aliphatic carbocycles. The highest BCUT2D eigenvalue weighted by Gasteiger charge is 2.24. The zero-order chi connectivity index (χ0) is 32.9. The SMILES string of the molecule is C#C.CCCN(Cc1ncc(CCc2ccc(-c3cnc(CN(CCC)C(=O)OC(C)(C)C)[nH]3)cc2)[nH]1)C(=O)OC(C)(C)C. The van der Waals surface area contributed by atoms with Gasteiger partial charge in [0.05, 0.1) is 25.0 Å². The second-order valence-electron chi connectivity index (χ2n) is 12.6. The maximum atomic E-state index is 12.6. The lowest BCUT2D eigenvalue weighted by Crippen LogP contribution is -2.37. The van der Waals surface area contributed by atoms with E-state index in [1.807, 2.05) is 61.6 Å². The number of carbonyl (C=O) groups excluding carboxylic acids is 2. The predicted octanol–water partition coefficient (Wildman–Crippen LogP) is 7.13. The molecule has 0 unspecified atom stereocenters. The number of imidazole rings is 2. The molecule has 10 heteroatoms. The summed E-state index contributed by atoms with van der Waals surface area (Å²) in [5, 5.41) is 0. The quantitative estimate of drug-likeness (QED) is 0.212. The van der Waals surface area contributed by atoms with Gasteiger partial charge in [0.1, 0.15) is 22.9 Å². The van der Waals surface area contributed by atoms with Crippen molar-refractivity contribution in [2.24, 2.45) is 0 Å². The lowest BCUT2D eigenvalue weighted by molar-refractivity contribution is 0.0219. The van der Waals surface area contributed by atoms with Crippen LogP contribution in [0.15, 0.2) is 36.7 Å². The lowest BCUT2D eigenvalue weighted by Gasteiger charge is -2.26. The van der Waals surface area contributed by atoms with Crippen molar-refractivity contribution in [2.45, 2.75) is 105 Å². The fraction of sp³-hybridized carbons (Fsp3) is 0.529. The van der Waals surface area contributed by atoms with Gasteiger partial charge in [0.25, 0.3) is 0 Å². The molecule has 2 heterocycles. The highest BCUT2D eigenvalue weighted by molar-refractivity contribution is 5.68. The zero-order valence-electron chi connectivity index (χ0n) is 27.7. The molecule has 3 aromatic rings. The molecule has 10 nitrogen and oxygen atoms in total. The van der Waals surface area contributed by atoms with Crippen LogP contribution in [0.4, 0.5) is 9.59 Å². The van der Waals surface area contributed by atoms with Crippen molar-refractivity contribution < 1.29 is 19.1 Å². The fourth-order valence-electron chi connectivity index (χ4n) is 4.36. The molecule has 0 aliphatic rings. The summed E-state index contributed by atoms with van der Waals surface area (Å²) in [6, 6.07) is 8.38. The van der Waals surface area contributed by atoms with Crippen molar-refractivity contribution >= 4 is 12.2 Å². The highest BCUT2D eigenvalue weighted by Crippen LogP contribution is 2.20. The first kappa shape index (κ1) is 35.9. The number of aromatic nitrogens is 4. The number of terminal acetylenes is 1. The van der Waals surface area contributed by atoms with E-state index in [9.17, 15) is 9.59 Å². The Bertz CT molecular complexity index is 1330. The van der Waals surface area contributed by atoms with Gasteiger partial charge in [-0.25, -0.2) is 19.6 Å². The Kier molecular flexibility index (Phi) is 13.5. The van der Waals surface area contributed by atoms with Crippen molar-refractivity contribution in [3.05, 3.63) is 59.6 Å². The number of nitrogens with zero attached hydrogens (tertiary/aromatic N) is 4. The summed E-state index contributed by atoms with van der Waals surface area (Å²) < 4.78 is 11.1. The van der Waals surface area contributed by atoms with Crippen molar-refractivity contribution in [3.63, 3.8) is 0 Å². The number of aryl methyl sites for hydroxylation is 2. The van der Waals surface area contributed by atoms with Crippen LogP contribution in [0.2, 0.25) is 0 Å². The molecule has 2 N–H and O–H groups in total. The Hall–Kier alpha value is -4.26. The number of aromatic amines is 2. The predicted molar refractivity (Wildman–Crippen MR) is 174 cm³/mol. The third-order valence-corrected chi connectivity index (χ3v) is 6.23. The van der Waals surface area contributed by atoms with Gasteiger partial charge < -0.3 is 29.2 Å². The van der Waals surface area contributed by atoms with E-state index >= 15 is 0 Å². The average molecular weight is 607 g/mol. The van der Waals surface area contributed by atoms with E-state index in [4.69, 9.17) is 9.47 Å². The first-order valence-corrected chi connectivity index (χ1v) is 15.2. The van der Waals surface area contributed by atoms with Crippen LogP contribution in [0.5, 0.6) is 0 Å². The molecule has 2 aromatic heterocycles. The minimum atomic E-state index is -0.545. The van der Waals surface area contributed by atoms with E-state index in [0.717, 1.165) is 48.5 Å². The Labute approximate surface area is 263 Å². The molecule has 0 bridgehead atoms. The Balaban J connectivity index is 0.00000330. The maximum Gasteiger partial charge on any atom is 0.410 e. The van der Waals surface area contributed by atoms with Crippen molar-refractivity contribution in [1.29, 1.82) is 0 Å². The van der Waals surface area contributed by atoms with Gasteiger partial charge in [-0.15, -0.1) is 12.8 Å². The van der Waals surface area contributed by atoms with Crippen molar-refractivity contribution in [3.8, 4) is 24.1 Å². The van der Waals surface area contributed by atoms with E-state index in [1.54, 1.807) is 16.0 Å². The van der Waals surface area contributed by atoms with Crippen LogP contribution in [0.25, 0.3) is 11.3 Å². The van der Waals surface area contributed by atoms with Gasteiger partial charge in [-0.1, -0.05) is 38.1 Å². The zero-order valence-corrected chi connectivity index (χ0v) is 27.7. The molecule has 0 atom stereocenters. The molecule has 0 aliphatic heterocycles. The third-order valence-electron chi connectivity index (χ3n) is 6.23. The van der Waals surface area contributed by atoms with Crippen LogP contribution in [0.1, 0.15) is 91.1 Å². The highest BCUT2D eigenvalue weighted by atomic mass is 16.6. The largest absolute Gasteiger partial charge is 0.444 e. The van der Waals surface area contributed by atoms with Gasteiger partial charge >= 0.3 is 12.2 Å². The molecule has 44 heavy (non-hydrogen) atoms. The molecule has 0 spiro atoms. The monoisotopic (exact) mass is 606 g/mol. The summed E-state index contributed by atoms with van der Waals surface area (Å²) in [5.74, 6) is 1.46. The number of amides is 2. The second-order valence-corrected chi connectivity index (χ2v) is 12.6. The minimum Gasteiger partial charge on any atom is -0.444 e. The van der Waals surface area contributed by atoms with Crippen LogP contribution in [-0.4, -0.2) is 66.2 Å². The molecule has 3 rings (SSSR count). The van der Waals surface area contributed by atoms with E-state index < -0.39 is 11.2 Å². The first-order chi connectivity index (χ1) is 20.8. The van der Waals surface area contributed by atoms with E-state index in [1.165, 1.54) is 5.56 Å². The van der Waals surface area contributed by atoms with E-state index in [-0.39, 0.29) is 12.2 Å². The Morgan fingerprint density at radius 1 is 0.750 bits per heavy atom. The Morgan fingerprint density at radius 2 is 1.23 bits per heavy atom. The fourth-order valence-corrected chi connectivity index (χ4v) is 4.36. The van der Waals surface area contributed by atoms with Crippen LogP contribution in [0.3, 0.4) is 0 Å². The van der Waals surface area contributed by atoms with Gasteiger partial charge in [-0.2, -0.15) is 0 Å². The normalized spacial score (nSPS) is 11.3. The first-order valence-electron chi connectivity index (χ1n) is 15.2. The minimum absolute atomic E-state index is 0.326. The molecule has 0 radical (unpaired) electrons. The Morgan fingerprint density at radius 3 is 1.70 bits per heavy atom. The number of H-pyrrole nitrogens is 2. The van der Waals surface area contributed by atoms with Crippen molar-refractivity contribution in [1.82, 2.24) is 29.7 Å². The molecule has 0 saturated carbocycles. The molecule has 240 valence electrons. The number of carbonyl (C=O) groups is 2. The summed E-state index contributed by atoms with van der Waals surface area (Å²) in [6.45, 7) is 17.2. The summed E-state index contributed by atoms with van der Waals surface area (Å²) in [4.78, 5) is 44.3. The molecular formula is C34H50N6O4. The van der Waals surface area contributed by atoms with E-state index in [0.29, 0.717) is 32.0 Å². The van der Waals surface area contributed by atoms with Crippen LogP contribution >= 0.6 is 0 Å². The van der Waals surface area contributed by atoms with Gasteiger partial charge in [-0.05, 0) is 78.4 Å². The number of rotatable bonds is 12. The van der Waals surface area contributed by atoms with Gasteiger partial charge in [-0.3, -0.25) is 0 Å². The van der Waals surface area contributed by atoms with E-state index in [2.05, 4.69) is 57.0 Å². The van der Waals surface area contributed by atoms with Crippen molar-refractivity contribution in [2.75, 3.05) is 13.1 Å². The van der Waals surface area contributed by atoms with Crippen LogP contribution in [0, 0.1) is 12.8 Å². The molecule has 0 saturated heterocycles. The summed E-state index contributed by atoms with van der Waals surface area (Å²) in [5.41, 5.74) is 3.07. The van der Waals surface area contributed by atoms with Gasteiger partial charge in [0.2, 0.25) is 0 Å². The second kappa shape index (κ2) is 16.6. The third kappa shape index (κ3) is 12.2. The number of ether oxygens (including phenoxy) is 2. The van der Waals surface area contributed by atoms with Gasteiger partial charge in [0.15, 0.2) is 0 Å². The summed E-state index contributed by atoms with van der Waals surface area (Å²) in [7, 11) is 0. The molecular weight excluding hydrogens is 556 g/mol. The number of hydrogen-bond acceptors (Lipinski definition) is 6. The standard InChI is InChI=1S/C32H48N6O4.C2H2/c1-9-17-37(29(39)41-31(3,4)5)21-27-33-19-25(35-27)16-13-23-11-14-24(15-12-23)26-20-34-28(36-26)22-38(18-10-2)30(40)42-32(6,7)8;1-2/h11-12,14-15,19-20H,9-10,13,16-18,21-22H2,1-8H3,(H,33,35)(H,34,36);1-2H. The number of nitrogens with one attached hydrogen (secondary N) is 2. The molecule has 2 amide bonds. The lowest BCUT2D eigenvalue weighted by atomic mass is 10.1. The summed E-state index contributed by atoms with van der Waals surface area (Å²) in [6.07, 6.45) is 14.3. The van der Waals surface area contributed by atoms with Crippen LogP contribution < -0.4 is 0 Å². The summed E-state index contributed by atoms with van der Waals surface area (Å²) >= 11 is 0. The number of benzene rings is 1. The average Bonchev–Trinajstić information content (AvgIpc) is 3.60. The molecule has 0 fully saturated rings. The smallest absolute Gasteiger partial charge is 0.410 e. The molecule has 1 aromatic carbocycles. The topological polar surface area (TPSA) is 116 Å². The number of hydrogen-bond donors (Lipinski definition) is 2. The van der Waals surface area contributed by atoms with Gasteiger partial charge in [0, 0.05) is 25.0 Å².